The van der Waals surface area contributed by atoms with E-state index in [9.17, 15) is 18.8 Å². The van der Waals surface area contributed by atoms with Crippen molar-refractivity contribution in [2.45, 2.75) is 46.1 Å². The van der Waals surface area contributed by atoms with Gasteiger partial charge in [-0.15, -0.1) is 0 Å². The van der Waals surface area contributed by atoms with Gasteiger partial charge in [0.15, 0.2) is 0 Å². The summed E-state index contributed by atoms with van der Waals surface area (Å²) in [6, 6.07) is 11.6. The topological polar surface area (TPSA) is 57.7 Å². The van der Waals surface area contributed by atoms with E-state index in [0.717, 1.165) is 10.5 Å². The van der Waals surface area contributed by atoms with Crippen LogP contribution in [0.3, 0.4) is 0 Å². The Morgan fingerprint density at radius 2 is 1.84 bits per heavy atom. The van der Waals surface area contributed by atoms with E-state index in [2.05, 4.69) is 0 Å². The molecule has 7 heteroatoms. The molecule has 0 spiro atoms. The standard InChI is InChI=1S/C24H26ClFN2O3/c1-24(2,3)15-22(30)27(12-11-16-5-4-6-17(25)13-16)20-14-21(29)28(23(20)31)19-9-7-18(26)8-10-19/h4-10,13,20H,11-12,14-15H2,1-3H3. The van der Waals surface area contributed by atoms with Crippen LogP contribution < -0.4 is 4.90 Å². The molecular weight excluding hydrogens is 419 g/mol. The first kappa shape index (κ1) is 22.9. The summed E-state index contributed by atoms with van der Waals surface area (Å²) < 4.78 is 13.3. The average Bonchev–Trinajstić information content (AvgIpc) is 2.96. The van der Waals surface area contributed by atoms with E-state index in [1.165, 1.54) is 29.2 Å². The molecular formula is C24H26ClFN2O3. The predicted molar refractivity (Wildman–Crippen MR) is 118 cm³/mol. The first-order valence-electron chi connectivity index (χ1n) is 10.2. The van der Waals surface area contributed by atoms with Gasteiger partial charge in [-0.3, -0.25) is 14.4 Å². The van der Waals surface area contributed by atoms with Crippen molar-refractivity contribution in [2.75, 3.05) is 11.4 Å². The maximum atomic E-state index is 13.3. The third kappa shape index (κ3) is 5.70. The van der Waals surface area contributed by atoms with Gasteiger partial charge < -0.3 is 4.90 Å². The smallest absolute Gasteiger partial charge is 0.257 e. The van der Waals surface area contributed by atoms with Crippen molar-refractivity contribution in [1.82, 2.24) is 4.90 Å². The average molecular weight is 445 g/mol. The van der Waals surface area contributed by atoms with Crippen LogP contribution in [-0.2, 0) is 20.8 Å². The number of halogens is 2. The van der Waals surface area contributed by atoms with Crippen LogP contribution in [-0.4, -0.2) is 35.2 Å². The van der Waals surface area contributed by atoms with Gasteiger partial charge in [0.2, 0.25) is 11.8 Å². The Labute approximate surface area is 186 Å². The first-order valence-corrected chi connectivity index (χ1v) is 10.6. The molecule has 1 aliphatic heterocycles. The maximum Gasteiger partial charge on any atom is 0.257 e. The quantitative estimate of drug-likeness (QED) is 0.611. The molecule has 1 atom stereocenters. The highest BCUT2D eigenvalue weighted by atomic mass is 35.5. The highest BCUT2D eigenvalue weighted by Gasteiger charge is 2.44. The Bertz CT molecular complexity index is 985. The summed E-state index contributed by atoms with van der Waals surface area (Å²) >= 11 is 6.06. The lowest BCUT2D eigenvalue weighted by Gasteiger charge is -2.30. The third-order valence-electron chi connectivity index (χ3n) is 5.12. The molecule has 1 fully saturated rings. The SMILES string of the molecule is CC(C)(C)CC(=O)N(CCc1cccc(Cl)c1)C1CC(=O)N(c2ccc(F)cc2)C1=O. The van der Waals surface area contributed by atoms with E-state index in [1.807, 2.05) is 39.0 Å². The number of benzene rings is 2. The van der Waals surface area contributed by atoms with Crippen molar-refractivity contribution in [2.24, 2.45) is 5.41 Å². The predicted octanol–water partition coefficient (Wildman–Crippen LogP) is 4.62. The molecule has 0 aromatic heterocycles. The molecule has 1 unspecified atom stereocenters. The summed E-state index contributed by atoms with van der Waals surface area (Å²) in [5.74, 6) is -1.51. The van der Waals surface area contributed by atoms with E-state index in [4.69, 9.17) is 11.6 Å². The largest absolute Gasteiger partial charge is 0.330 e. The fourth-order valence-corrected chi connectivity index (χ4v) is 3.89. The molecule has 0 aliphatic carbocycles. The van der Waals surface area contributed by atoms with Crippen LogP contribution in [0.4, 0.5) is 10.1 Å². The number of amides is 3. The summed E-state index contributed by atoms with van der Waals surface area (Å²) in [7, 11) is 0. The second kappa shape index (κ2) is 9.18. The number of hydrogen-bond donors (Lipinski definition) is 0. The molecule has 1 saturated heterocycles. The van der Waals surface area contributed by atoms with Crippen LogP contribution in [0.2, 0.25) is 5.02 Å². The van der Waals surface area contributed by atoms with Gasteiger partial charge in [-0.1, -0.05) is 44.5 Å². The van der Waals surface area contributed by atoms with Crippen LogP contribution in [0, 0.1) is 11.2 Å². The van der Waals surface area contributed by atoms with Gasteiger partial charge in [0.25, 0.3) is 5.91 Å². The minimum absolute atomic E-state index is 0.0956. The first-order chi connectivity index (χ1) is 14.5. The van der Waals surface area contributed by atoms with Crippen molar-refractivity contribution in [3.05, 3.63) is 64.9 Å². The second-order valence-electron chi connectivity index (χ2n) is 8.97. The highest BCUT2D eigenvalue weighted by molar-refractivity contribution is 6.30. The molecule has 0 bridgehead atoms. The van der Waals surface area contributed by atoms with Crippen LogP contribution in [0.25, 0.3) is 0 Å². The number of carbonyl (C=O) groups excluding carboxylic acids is 3. The molecule has 1 aliphatic rings. The van der Waals surface area contributed by atoms with Crippen LogP contribution in [0.5, 0.6) is 0 Å². The lowest BCUT2D eigenvalue weighted by Crippen LogP contribution is -2.47. The monoisotopic (exact) mass is 444 g/mol. The van der Waals surface area contributed by atoms with Gasteiger partial charge in [0, 0.05) is 18.0 Å². The summed E-state index contributed by atoms with van der Waals surface area (Å²) in [6.45, 7) is 6.14. The molecule has 3 amide bonds. The molecule has 0 N–H and O–H groups in total. The summed E-state index contributed by atoms with van der Waals surface area (Å²) in [5, 5.41) is 0.597. The van der Waals surface area contributed by atoms with E-state index in [0.29, 0.717) is 17.1 Å². The van der Waals surface area contributed by atoms with Crippen molar-refractivity contribution in [3.63, 3.8) is 0 Å². The summed E-state index contributed by atoms with van der Waals surface area (Å²) in [6.07, 6.45) is 0.656. The number of rotatable bonds is 6. The minimum atomic E-state index is -0.883. The number of hydrogen-bond acceptors (Lipinski definition) is 3. The van der Waals surface area contributed by atoms with E-state index >= 15 is 0 Å². The Kier molecular flexibility index (Phi) is 6.80. The molecule has 2 aromatic carbocycles. The van der Waals surface area contributed by atoms with Crippen LogP contribution in [0.1, 0.15) is 39.2 Å². The van der Waals surface area contributed by atoms with Crippen molar-refractivity contribution in [3.8, 4) is 0 Å². The summed E-state index contributed by atoms with van der Waals surface area (Å²) in [5.41, 5.74) is 0.971. The van der Waals surface area contributed by atoms with Gasteiger partial charge in [-0.2, -0.15) is 0 Å². The molecule has 31 heavy (non-hydrogen) atoms. The molecule has 2 aromatic rings. The zero-order chi connectivity index (χ0) is 22.8. The number of anilines is 1. The van der Waals surface area contributed by atoms with Gasteiger partial charge in [-0.25, -0.2) is 9.29 Å². The van der Waals surface area contributed by atoms with Crippen molar-refractivity contribution < 1.29 is 18.8 Å². The van der Waals surface area contributed by atoms with E-state index in [1.54, 1.807) is 6.07 Å². The molecule has 5 nitrogen and oxygen atoms in total. The lowest BCUT2D eigenvalue weighted by molar-refractivity contribution is -0.139. The normalized spacial score (nSPS) is 16.7. The van der Waals surface area contributed by atoms with Crippen molar-refractivity contribution >= 4 is 35.0 Å². The minimum Gasteiger partial charge on any atom is -0.330 e. The Morgan fingerprint density at radius 1 is 1.16 bits per heavy atom. The van der Waals surface area contributed by atoms with E-state index in [-0.39, 0.29) is 30.7 Å². The molecule has 0 saturated carbocycles. The fourth-order valence-electron chi connectivity index (χ4n) is 3.67. The fraction of sp³-hybridized carbons (Fsp3) is 0.375. The van der Waals surface area contributed by atoms with Crippen LogP contribution in [0.15, 0.2) is 48.5 Å². The van der Waals surface area contributed by atoms with Gasteiger partial charge >= 0.3 is 0 Å². The zero-order valence-electron chi connectivity index (χ0n) is 17.9. The number of carbonyl (C=O) groups is 3. The van der Waals surface area contributed by atoms with Crippen LogP contribution >= 0.6 is 11.6 Å². The summed E-state index contributed by atoms with van der Waals surface area (Å²) in [4.78, 5) is 41.5. The van der Waals surface area contributed by atoms with Crippen molar-refractivity contribution in [1.29, 1.82) is 0 Å². The number of nitrogens with zero attached hydrogens (tertiary/aromatic N) is 2. The second-order valence-corrected chi connectivity index (χ2v) is 9.40. The Morgan fingerprint density at radius 3 is 2.45 bits per heavy atom. The van der Waals surface area contributed by atoms with Gasteiger partial charge in [0.1, 0.15) is 11.9 Å². The lowest BCUT2D eigenvalue weighted by atomic mass is 9.91. The third-order valence-corrected chi connectivity index (χ3v) is 5.35. The molecule has 1 heterocycles. The molecule has 0 radical (unpaired) electrons. The Hall–Kier alpha value is -2.73. The van der Waals surface area contributed by atoms with Gasteiger partial charge in [0.05, 0.1) is 12.1 Å². The molecule has 164 valence electrons. The number of imide groups is 1. The molecule has 3 rings (SSSR count). The maximum absolute atomic E-state index is 13.3. The van der Waals surface area contributed by atoms with E-state index < -0.39 is 23.7 Å². The zero-order valence-corrected chi connectivity index (χ0v) is 18.7. The Balaban J connectivity index is 1.85. The van der Waals surface area contributed by atoms with Gasteiger partial charge in [-0.05, 0) is 53.8 Å². The highest BCUT2D eigenvalue weighted by Crippen LogP contribution is 2.28.